The number of aliphatic hydroxyl groups excluding tert-OH is 1. The second-order valence-electron chi connectivity index (χ2n) is 7.05. The van der Waals surface area contributed by atoms with Crippen LogP contribution in [0.25, 0.3) is 5.76 Å². The number of rotatable bonds is 3. The molecule has 1 amide bonds. The predicted molar refractivity (Wildman–Crippen MR) is 114 cm³/mol. The molecular formula is C25H18N2O3. The van der Waals surface area contributed by atoms with E-state index in [0.717, 1.165) is 11.1 Å². The summed E-state index contributed by atoms with van der Waals surface area (Å²) in [5.74, 6) is -1.67. The molecule has 1 aliphatic heterocycles. The first-order valence-electron chi connectivity index (χ1n) is 9.45. The van der Waals surface area contributed by atoms with Crippen LogP contribution in [0, 0.1) is 18.3 Å². The van der Waals surface area contributed by atoms with Crippen LogP contribution < -0.4 is 4.90 Å². The number of aryl methyl sites for hydroxylation is 1. The Hall–Kier alpha value is -4.17. The molecule has 0 radical (unpaired) electrons. The molecule has 0 bridgehead atoms. The summed E-state index contributed by atoms with van der Waals surface area (Å²) in [4.78, 5) is 27.5. The zero-order valence-corrected chi connectivity index (χ0v) is 16.2. The van der Waals surface area contributed by atoms with E-state index >= 15 is 0 Å². The van der Waals surface area contributed by atoms with Crippen molar-refractivity contribution >= 4 is 23.1 Å². The van der Waals surface area contributed by atoms with Crippen LogP contribution in [0.3, 0.4) is 0 Å². The molecule has 146 valence electrons. The summed E-state index contributed by atoms with van der Waals surface area (Å²) in [6.07, 6.45) is 0. The van der Waals surface area contributed by atoms with Crippen LogP contribution in [-0.4, -0.2) is 16.8 Å². The number of aliphatic hydroxyl groups is 1. The van der Waals surface area contributed by atoms with Gasteiger partial charge in [-0.2, -0.15) is 5.26 Å². The van der Waals surface area contributed by atoms with E-state index < -0.39 is 17.7 Å². The highest BCUT2D eigenvalue weighted by Crippen LogP contribution is 2.43. The van der Waals surface area contributed by atoms with Crippen molar-refractivity contribution < 1.29 is 14.7 Å². The summed E-state index contributed by atoms with van der Waals surface area (Å²) < 4.78 is 0. The molecule has 0 aromatic heterocycles. The smallest absolute Gasteiger partial charge is 0.300 e. The number of carbonyl (C=O) groups excluding carboxylic acids is 2. The number of Topliss-reactive ketones (excluding diaryl/α,β-unsaturated/α-hetero) is 1. The predicted octanol–water partition coefficient (Wildman–Crippen LogP) is 4.49. The van der Waals surface area contributed by atoms with Gasteiger partial charge in [-0.25, -0.2) is 0 Å². The van der Waals surface area contributed by atoms with Crippen LogP contribution in [0.5, 0.6) is 0 Å². The van der Waals surface area contributed by atoms with E-state index in [0.29, 0.717) is 16.8 Å². The Labute approximate surface area is 174 Å². The number of carbonyl (C=O) groups is 2. The second kappa shape index (κ2) is 7.69. The van der Waals surface area contributed by atoms with E-state index in [4.69, 9.17) is 5.26 Å². The summed E-state index contributed by atoms with van der Waals surface area (Å²) in [6, 6.07) is 23.9. The summed E-state index contributed by atoms with van der Waals surface area (Å²) in [7, 11) is 0. The summed E-state index contributed by atoms with van der Waals surface area (Å²) in [5.41, 5.74) is 3.09. The third-order valence-corrected chi connectivity index (χ3v) is 5.25. The highest BCUT2D eigenvalue weighted by Gasteiger charge is 2.47. The van der Waals surface area contributed by atoms with E-state index in [1.807, 2.05) is 43.3 Å². The number of hydrogen-bond donors (Lipinski definition) is 1. The summed E-state index contributed by atoms with van der Waals surface area (Å²) in [5, 5.41) is 20.1. The van der Waals surface area contributed by atoms with Crippen LogP contribution in [0.4, 0.5) is 5.69 Å². The molecule has 1 N–H and O–H groups in total. The molecule has 0 spiro atoms. The second-order valence-corrected chi connectivity index (χ2v) is 7.05. The number of amides is 1. The van der Waals surface area contributed by atoms with Crippen molar-refractivity contribution in [3.63, 3.8) is 0 Å². The van der Waals surface area contributed by atoms with Gasteiger partial charge in [-0.3, -0.25) is 14.5 Å². The third-order valence-electron chi connectivity index (χ3n) is 5.25. The Bertz CT molecular complexity index is 1210. The Balaban J connectivity index is 1.96. The van der Waals surface area contributed by atoms with Crippen molar-refractivity contribution in [2.24, 2.45) is 0 Å². The normalized spacial score (nSPS) is 17.7. The number of hydrogen-bond acceptors (Lipinski definition) is 4. The molecule has 3 aromatic rings. The van der Waals surface area contributed by atoms with E-state index in [-0.39, 0.29) is 11.3 Å². The largest absolute Gasteiger partial charge is 0.507 e. The highest BCUT2D eigenvalue weighted by atomic mass is 16.3. The SMILES string of the molecule is Cc1ccccc1C1/C(=C(/O)c2ccccc2)C(=O)C(=O)N1c1ccc(C#N)cc1. The zero-order chi connectivity index (χ0) is 21.3. The number of benzene rings is 3. The van der Waals surface area contributed by atoms with Crippen molar-refractivity contribution in [1.29, 1.82) is 5.26 Å². The maximum Gasteiger partial charge on any atom is 0.300 e. The summed E-state index contributed by atoms with van der Waals surface area (Å²) in [6.45, 7) is 1.90. The maximum absolute atomic E-state index is 13.1. The lowest BCUT2D eigenvalue weighted by Gasteiger charge is -2.26. The van der Waals surface area contributed by atoms with Crippen molar-refractivity contribution in [3.05, 3.63) is 107 Å². The van der Waals surface area contributed by atoms with Gasteiger partial charge in [0.15, 0.2) is 0 Å². The van der Waals surface area contributed by atoms with E-state index in [9.17, 15) is 14.7 Å². The van der Waals surface area contributed by atoms with Gasteiger partial charge in [0, 0.05) is 11.3 Å². The fraction of sp³-hybridized carbons (Fsp3) is 0.0800. The molecular weight excluding hydrogens is 376 g/mol. The minimum absolute atomic E-state index is 0.0462. The van der Waals surface area contributed by atoms with Crippen LogP contribution in [0.1, 0.15) is 28.3 Å². The van der Waals surface area contributed by atoms with Gasteiger partial charge in [0.05, 0.1) is 23.2 Å². The van der Waals surface area contributed by atoms with Gasteiger partial charge >= 0.3 is 0 Å². The highest BCUT2D eigenvalue weighted by molar-refractivity contribution is 6.51. The summed E-state index contributed by atoms with van der Waals surface area (Å²) >= 11 is 0. The molecule has 1 aliphatic rings. The molecule has 5 nitrogen and oxygen atoms in total. The lowest BCUT2D eigenvalue weighted by molar-refractivity contribution is -0.132. The molecule has 1 fully saturated rings. The Morgan fingerprint density at radius 3 is 2.20 bits per heavy atom. The van der Waals surface area contributed by atoms with Gasteiger partial charge in [0.25, 0.3) is 11.7 Å². The van der Waals surface area contributed by atoms with Crippen LogP contribution in [-0.2, 0) is 9.59 Å². The average molecular weight is 394 g/mol. The number of ketones is 1. The van der Waals surface area contributed by atoms with Crippen molar-refractivity contribution in [2.45, 2.75) is 13.0 Å². The molecule has 1 atom stereocenters. The van der Waals surface area contributed by atoms with Gasteiger partial charge in [0.1, 0.15) is 5.76 Å². The van der Waals surface area contributed by atoms with Crippen molar-refractivity contribution in [3.8, 4) is 6.07 Å². The maximum atomic E-state index is 13.1. The molecule has 0 aliphatic carbocycles. The van der Waals surface area contributed by atoms with Gasteiger partial charge < -0.3 is 5.11 Å². The molecule has 5 heteroatoms. The van der Waals surface area contributed by atoms with Crippen LogP contribution in [0.2, 0.25) is 0 Å². The fourth-order valence-corrected chi connectivity index (χ4v) is 3.73. The van der Waals surface area contributed by atoms with E-state index in [1.54, 1.807) is 48.5 Å². The molecule has 4 rings (SSSR count). The first kappa shape index (κ1) is 19.2. The van der Waals surface area contributed by atoms with Crippen molar-refractivity contribution in [2.75, 3.05) is 4.90 Å². The van der Waals surface area contributed by atoms with Gasteiger partial charge in [0.2, 0.25) is 0 Å². The lowest BCUT2D eigenvalue weighted by atomic mass is 9.92. The Kier molecular flexibility index (Phi) is 4.91. The van der Waals surface area contributed by atoms with Gasteiger partial charge in [-0.15, -0.1) is 0 Å². The molecule has 30 heavy (non-hydrogen) atoms. The monoisotopic (exact) mass is 394 g/mol. The fourth-order valence-electron chi connectivity index (χ4n) is 3.73. The molecule has 0 saturated carbocycles. The van der Waals surface area contributed by atoms with Crippen LogP contribution >= 0.6 is 0 Å². The Morgan fingerprint density at radius 1 is 0.933 bits per heavy atom. The molecule has 3 aromatic carbocycles. The van der Waals surface area contributed by atoms with E-state index in [1.165, 1.54) is 4.90 Å². The minimum atomic E-state index is -0.778. The average Bonchev–Trinajstić information content (AvgIpc) is 3.04. The molecule has 1 saturated heterocycles. The first-order chi connectivity index (χ1) is 14.5. The molecule has 1 heterocycles. The number of anilines is 1. The topological polar surface area (TPSA) is 81.4 Å². The number of nitriles is 1. The standard InChI is InChI=1S/C25H18N2O3/c1-16-7-5-6-10-20(16)22-21(23(28)18-8-3-2-4-9-18)24(29)25(30)27(22)19-13-11-17(15-26)12-14-19/h2-14,22,28H,1H3/b23-21-. The van der Waals surface area contributed by atoms with Gasteiger partial charge in [-0.05, 0) is 42.3 Å². The third kappa shape index (κ3) is 3.15. The minimum Gasteiger partial charge on any atom is -0.507 e. The van der Waals surface area contributed by atoms with E-state index in [2.05, 4.69) is 0 Å². The quantitative estimate of drug-likeness (QED) is 0.403. The Morgan fingerprint density at radius 2 is 1.57 bits per heavy atom. The van der Waals surface area contributed by atoms with Crippen molar-refractivity contribution in [1.82, 2.24) is 0 Å². The molecule has 1 unspecified atom stereocenters. The van der Waals surface area contributed by atoms with Gasteiger partial charge in [-0.1, -0.05) is 54.6 Å². The lowest BCUT2D eigenvalue weighted by Crippen LogP contribution is -2.29. The zero-order valence-electron chi connectivity index (χ0n) is 16.2. The number of nitrogens with zero attached hydrogens (tertiary/aromatic N) is 2. The first-order valence-corrected chi connectivity index (χ1v) is 9.45. The van der Waals surface area contributed by atoms with Crippen LogP contribution in [0.15, 0.2) is 84.4 Å².